The molecule has 6 nitrogen and oxygen atoms in total. The van der Waals surface area contributed by atoms with Crippen LogP contribution in [0.5, 0.6) is 5.75 Å². The van der Waals surface area contributed by atoms with Crippen LogP contribution in [0.1, 0.15) is 30.5 Å². The first-order chi connectivity index (χ1) is 16.0. The normalized spacial score (nSPS) is 20.1. The lowest BCUT2D eigenvalue weighted by molar-refractivity contribution is -0.193. The van der Waals surface area contributed by atoms with Crippen LogP contribution in [-0.4, -0.2) is 28.9 Å². The predicted octanol–water partition coefficient (Wildman–Crippen LogP) is 5.06. The summed E-state index contributed by atoms with van der Waals surface area (Å²) in [6.45, 7) is 4.45. The Morgan fingerprint density at radius 1 is 0.970 bits per heavy atom. The van der Waals surface area contributed by atoms with Crippen molar-refractivity contribution >= 4 is 6.09 Å². The van der Waals surface area contributed by atoms with Crippen LogP contribution < -0.4 is 4.74 Å². The van der Waals surface area contributed by atoms with Gasteiger partial charge in [-0.2, -0.15) is 0 Å². The van der Waals surface area contributed by atoms with Gasteiger partial charge in [0.05, 0.1) is 6.04 Å². The molecule has 33 heavy (non-hydrogen) atoms. The zero-order chi connectivity index (χ0) is 23.3. The molecular formula is C27H29NO5. The highest BCUT2D eigenvalue weighted by molar-refractivity contribution is 5.68. The number of amides is 1. The third-order valence-electron chi connectivity index (χ3n) is 5.75. The van der Waals surface area contributed by atoms with E-state index in [0.29, 0.717) is 17.9 Å². The van der Waals surface area contributed by atoms with Crippen LogP contribution in [0.3, 0.4) is 0 Å². The standard InChI is InChI=1S/C27H29NO5/c1-20(2)25-27(30,33-19-28(25)26(29)32-18-22-11-7-4-8-12-22)23-13-15-24(16-14-23)31-17-21-9-5-3-6-10-21/h3-16,20,25,30H,17-19H2,1-2H3/t25-,27?/m0/s1. The van der Waals surface area contributed by atoms with Crippen LogP contribution in [0, 0.1) is 5.92 Å². The van der Waals surface area contributed by atoms with Crippen LogP contribution >= 0.6 is 0 Å². The fraction of sp³-hybridized carbons (Fsp3) is 0.296. The first-order valence-electron chi connectivity index (χ1n) is 11.1. The van der Waals surface area contributed by atoms with Gasteiger partial charge in [0.2, 0.25) is 5.79 Å². The van der Waals surface area contributed by atoms with Crippen molar-refractivity contribution in [2.75, 3.05) is 6.73 Å². The molecule has 1 heterocycles. The molecule has 1 aliphatic heterocycles. The first kappa shape index (κ1) is 22.8. The number of nitrogens with zero attached hydrogens (tertiary/aromatic N) is 1. The van der Waals surface area contributed by atoms with E-state index in [2.05, 4.69) is 0 Å². The minimum absolute atomic E-state index is 0.0563. The summed E-state index contributed by atoms with van der Waals surface area (Å²) in [5.41, 5.74) is 2.53. The summed E-state index contributed by atoms with van der Waals surface area (Å²) in [5, 5.41) is 11.5. The van der Waals surface area contributed by atoms with Crippen molar-refractivity contribution in [3.05, 3.63) is 102 Å². The Labute approximate surface area is 194 Å². The third kappa shape index (κ3) is 5.18. The number of carbonyl (C=O) groups is 1. The SMILES string of the molecule is CC(C)[C@@H]1N(C(=O)OCc2ccccc2)COC1(O)c1ccc(OCc2ccccc2)cc1. The minimum atomic E-state index is -1.64. The summed E-state index contributed by atoms with van der Waals surface area (Å²) in [5.74, 6) is -1.03. The van der Waals surface area contributed by atoms with Gasteiger partial charge in [0.15, 0.2) is 0 Å². The molecule has 1 fully saturated rings. The molecule has 0 spiro atoms. The molecular weight excluding hydrogens is 418 g/mol. The number of rotatable bonds is 7. The Balaban J connectivity index is 1.44. The van der Waals surface area contributed by atoms with Crippen molar-refractivity contribution in [2.24, 2.45) is 5.92 Å². The number of hydrogen-bond acceptors (Lipinski definition) is 5. The quantitative estimate of drug-likeness (QED) is 0.548. The van der Waals surface area contributed by atoms with Crippen molar-refractivity contribution in [1.82, 2.24) is 4.90 Å². The van der Waals surface area contributed by atoms with E-state index in [9.17, 15) is 9.90 Å². The summed E-state index contributed by atoms with van der Waals surface area (Å²) in [6, 6.07) is 25.9. The summed E-state index contributed by atoms with van der Waals surface area (Å²) in [7, 11) is 0. The summed E-state index contributed by atoms with van der Waals surface area (Å²) in [6.07, 6.45) is -0.517. The second-order valence-corrected chi connectivity index (χ2v) is 8.47. The average Bonchev–Trinajstić information content (AvgIpc) is 3.21. The fourth-order valence-electron chi connectivity index (χ4n) is 4.11. The molecule has 172 valence electrons. The first-order valence-corrected chi connectivity index (χ1v) is 11.1. The number of ether oxygens (including phenoxy) is 3. The highest BCUT2D eigenvalue weighted by atomic mass is 16.7. The Morgan fingerprint density at radius 3 is 2.12 bits per heavy atom. The van der Waals surface area contributed by atoms with E-state index < -0.39 is 17.9 Å². The second kappa shape index (κ2) is 10.1. The Bertz CT molecular complexity index is 1040. The topological polar surface area (TPSA) is 68.2 Å². The van der Waals surface area contributed by atoms with Gasteiger partial charge < -0.3 is 19.3 Å². The van der Waals surface area contributed by atoms with Gasteiger partial charge in [0.25, 0.3) is 0 Å². The molecule has 2 atom stereocenters. The lowest BCUT2D eigenvalue weighted by Crippen LogP contribution is -2.48. The van der Waals surface area contributed by atoms with Crippen molar-refractivity contribution < 1.29 is 24.1 Å². The van der Waals surface area contributed by atoms with Gasteiger partial charge in [-0.3, -0.25) is 4.90 Å². The largest absolute Gasteiger partial charge is 0.489 e. The van der Waals surface area contributed by atoms with E-state index in [1.165, 1.54) is 4.90 Å². The molecule has 1 saturated heterocycles. The predicted molar refractivity (Wildman–Crippen MR) is 124 cm³/mol. The molecule has 4 rings (SSSR count). The van der Waals surface area contributed by atoms with Crippen LogP contribution in [0.4, 0.5) is 4.79 Å². The van der Waals surface area contributed by atoms with Crippen molar-refractivity contribution in [3.63, 3.8) is 0 Å². The number of carbonyl (C=O) groups excluding carboxylic acids is 1. The minimum Gasteiger partial charge on any atom is -0.489 e. The highest BCUT2D eigenvalue weighted by Crippen LogP contribution is 2.40. The maximum absolute atomic E-state index is 12.8. The van der Waals surface area contributed by atoms with Crippen LogP contribution in [-0.2, 0) is 28.5 Å². The number of hydrogen-bond donors (Lipinski definition) is 1. The molecule has 1 unspecified atom stereocenters. The van der Waals surface area contributed by atoms with E-state index in [4.69, 9.17) is 14.2 Å². The summed E-state index contributed by atoms with van der Waals surface area (Å²) < 4.78 is 17.1. The smallest absolute Gasteiger partial charge is 0.412 e. The molecule has 1 N–H and O–H groups in total. The third-order valence-corrected chi connectivity index (χ3v) is 5.75. The monoisotopic (exact) mass is 447 g/mol. The number of aliphatic hydroxyl groups is 1. The molecule has 1 amide bonds. The van der Waals surface area contributed by atoms with E-state index >= 15 is 0 Å². The molecule has 0 aromatic heterocycles. The van der Waals surface area contributed by atoms with Gasteiger partial charge in [0, 0.05) is 5.56 Å². The Hall–Kier alpha value is -3.35. The van der Waals surface area contributed by atoms with Gasteiger partial charge in [-0.15, -0.1) is 0 Å². The molecule has 0 bridgehead atoms. The molecule has 0 aliphatic carbocycles. The second-order valence-electron chi connectivity index (χ2n) is 8.47. The van der Waals surface area contributed by atoms with Crippen LogP contribution in [0.25, 0.3) is 0 Å². The maximum atomic E-state index is 12.8. The molecule has 0 saturated carbocycles. The molecule has 3 aromatic rings. The zero-order valence-electron chi connectivity index (χ0n) is 18.9. The van der Waals surface area contributed by atoms with Crippen molar-refractivity contribution in [1.29, 1.82) is 0 Å². The van der Waals surface area contributed by atoms with E-state index in [-0.39, 0.29) is 19.3 Å². The summed E-state index contributed by atoms with van der Waals surface area (Å²) >= 11 is 0. The van der Waals surface area contributed by atoms with Gasteiger partial charge >= 0.3 is 6.09 Å². The molecule has 0 radical (unpaired) electrons. The average molecular weight is 448 g/mol. The maximum Gasteiger partial charge on any atom is 0.412 e. The molecule has 6 heteroatoms. The zero-order valence-corrected chi connectivity index (χ0v) is 18.9. The van der Waals surface area contributed by atoms with Crippen molar-refractivity contribution in [3.8, 4) is 5.75 Å². The lowest BCUT2D eigenvalue weighted by atomic mass is 9.90. The van der Waals surface area contributed by atoms with Gasteiger partial charge in [-0.05, 0) is 41.3 Å². The van der Waals surface area contributed by atoms with E-state index in [1.807, 2.05) is 74.5 Å². The van der Waals surface area contributed by atoms with E-state index in [0.717, 1.165) is 11.1 Å². The van der Waals surface area contributed by atoms with Crippen molar-refractivity contribution in [2.45, 2.75) is 38.9 Å². The van der Waals surface area contributed by atoms with Crippen LogP contribution in [0.15, 0.2) is 84.9 Å². The van der Waals surface area contributed by atoms with Gasteiger partial charge in [-0.25, -0.2) is 4.79 Å². The van der Waals surface area contributed by atoms with E-state index in [1.54, 1.807) is 24.3 Å². The Kier molecular flexibility index (Phi) is 6.96. The number of benzene rings is 3. The van der Waals surface area contributed by atoms with Gasteiger partial charge in [-0.1, -0.05) is 74.5 Å². The summed E-state index contributed by atoms with van der Waals surface area (Å²) in [4.78, 5) is 14.3. The Morgan fingerprint density at radius 2 is 1.55 bits per heavy atom. The van der Waals surface area contributed by atoms with Crippen LogP contribution in [0.2, 0.25) is 0 Å². The van der Waals surface area contributed by atoms with Gasteiger partial charge in [0.1, 0.15) is 25.7 Å². The molecule has 3 aromatic carbocycles. The lowest BCUT2D eigenvalue weighted by Gasteiger charge is -2.34. The highest BCUT2D eigenvalue weighted by Gasteiger charge is 2.52. The fourth-order valence-corrected chi connectivity index (χ4v) is 4.11. The molecule has 1 aliphatic rings.